The molecule has 0 unspecified atom stereocenters. The van der Waals surface area contributed by atoms with E-state index in [-0.39, 0.29) is 12.4 Å². The lowest BCUT2D eigenvalue weighted by Crippen LogP contribution is -2.09. The molecule has 14 heavy (non-hydrogen) atoms. The maximum atomic E-state index is 11.5. The molecular weight excluding hydrogens is 223 g/mol. The van der Waals surface area contributed by atoms with Crippen molar-refractivity contribution in [3.8, 4) is 0 Å². The summed E-state index contributed by atoms with van der Waals surface area (Å²) in [7, 11) is 0. The van der Waals surface area contributed by atoms with Crippen LogP contribution in [-0.2, 0) is 4.74 Å². The van der Waals surface area contributed by atoms with Gasteiger partial charge in [0, 0.05) is 12.2 Å². The van der Waals surface area contributed by atoms with Crippen molar-refractivity contribution in [3.63, 3.8) is 0 Å². The van der Waals surface area contributed by atoms with Gasteiger partial charge < -0.3 is 4.74 Å². The number of halogens is 2. The number of carbonyl (C=O) groups is 1. The third kappa shape index (κ3) is 2.71. The van der Waals surface area contributed by atoms with E-state index in [0.717, 1.165) is 0 Å². The Morgan fingerprint density at radius 3 is 2.79 bits per heavy atom. The van der Waals surface area contributed by atoms with Crippen molar-refractivity contribution in [2.75, 3.05) is 13.2 Å². The zero-order valence-electron chi connectivity index (χ0n) is 7.72. The zero-order valence-corrected chi connectivity index (χ0v) is 9.23. The van der Waals surface area contributed by atoms with Crippen LogP contribution in [0.2, 0.25) is 10.0 Å². The molecule has 0 aromatic heterocycles. The summed E-state index contributed by atoms with van der Waals surface area (Å²) < 4.78 is 4.99. The maximum Gasteiger partial charge on any atom is 0.190 e. The van der Waals surface area contributed by atoms with E-state index in [1.165, 1.54) is 0 Å². The molecule has 0 aliphatic heterocycles. The molecule has 0 aliphatic carbocycles. The lowest BCUT2D eigenvalue weighted by Gasteiger charge is -2.04. The van der Waals surface area contributed by atoms with Crippen LogP contribution in [0.1, 0.15) is 17.3 Å². The molecule has 0 fully saturated rings. The summed E-state index contributed by atoms with van der Waals surface area (Å²) in [5.74, 6) is -0.153. The van der Waals surface area contributed by atoms with Crippen molar-refractivity contribution in [3.05, 3.63) is 33.8 Å². The summed E-state index contributed by atoms with van der Waals surface area (Å²) in [6.45, 7) is 2.37. The Bertz CT molecular complexity index is 337. The topological polar surface area (TPSA) is 26.3 Å². The summed E-state index contributed by atoms with van der Waals surface area (Å²) in [5.41, 5.74) is 0.410. The first-order valence-electron chi connectivity index (χ1n) is 4.21. The molecule has 1 aromatic rings. The zero-order chi connectivity index (χ0) is 10.6. The van der Waals surface area contributed by atoms with Crippen molar-refractivity contribution in [1.29, 1.82) is 0 Å². The van der Waals surface area contributed by atoms with Crippen LogP contribution < -0.4 is 0 Å². The molecule has 0 atom stereocenters. The van der Waals surface area contributed by atoms with E-state index in [4.69, 9.17) is 27.9 Å². The monoisotopic (exact) mass is 232 g/mol. The Kier molecular flexibility index (Phi) is 4.39. The maximum absolute atomic E-state index is 11.5. The van der Waals surface area contributed by atoms with E-state index in [2.05, 4.69) is 0 Å². The molecule has 2 nitrogen and oxygen atoms in total. The molecule has 0 saturated heterocycles. The predicted octanol–water partition coefficient (Wildman–Crippen LogP) is 3.21. The first-order valence-corrected chi connectivity index (χ1v) is 4.97. The molecule has 1 rings (SSSR count). The van der Waals surface area contributed by atoms with Crippen LogP contribution in [0.3, 0.4) is 0 Å². The number of benzene rings is 1. The van der Waals surface area contributed by atoms with E-state index < -0.39 is 0 Å². The highest BCUT2D eigenvalue weighted by molar-refractivity contribution is 6.43. The summed E-state index contributed by atoms with van der Waals surface area (Å²) in [6, 6.07) is 4.96. The molecule has 4 heteroatoms. The van der Waals surface area contributed by atoms with Gasteiger partial charge in [-0.25, -0.2) is 0 Å². The molecule has 0 N–H and O–H groups in total. The van der Waals surface area contributed by atoms with Gasteiger partial charge in [-0.05, 0) is 19.1 Å². The number of hydrogen-bond acceptors (Lipinski definition) is 2. The smallest absolute Gasteiger partial charge is 0.190 e. The van der Waals surface area contributed by atoms with Gasteiger partial charge in [0.1, 0.15) is 6.61 Å². The largest absolute Gasteiger partial charge is 0.374 e. The minimum absolute atomic E-state index is 0.0383. The molecule has 0 radical (unpaired) electrons. The molecule has 0 heterocycles. The van der Waals surface area contributed by atoms with Gasteiger partial charge in [-0.1, -0.05) is 29.3 Å². The Morgan fingerprint density at radius 1 is 1.43 bits per heavy atom. The van der Waals surface area contributed by atoms with Crippen molar-refractivity contribution < 1.29 is 9.53 Å². The third-order valence-corrected chi connectivity index (χ3v) is 2.51. The average Bonchev–Trinajstić information content (AvgIpc) is 2.18. The number of rotatable bonds is 4. The predicted molar refractivity (Wildman–Crippen MR) is 57.3 cm³/mol. The molecule has 76 valence electrons. The number of hydrogen-bond donors (Lipinski definition) is 0. The number of ether oxygens (including phenoxy) is 1. The minimum Gasteiger partial charge on any atom is -0.374 e. The van der Waals surface area contributed by atoms with Crippen LogP contribution >= 0.6 is 23.2 Å². The van der Waals surface area contributed by atoms with E-state index in [0.29, 0.717) is 22.2 Å². The van der Waals surface area contributed by atoms with Gasteiger partial charge in [-0.3, -0.25) is 4.79 Å². The van der Waals surface area contributed by atoms with Gasteiger partial charge in [0.15, 0.2) is 5.78 Å². The first kappa shape index (κ1) is 11.5. The average molecular weight is 233 g/mol. The molecular formula is C10H10Cl2O2. The summed E-state index contributed by atoms with van der Waals surface area (Å²) >= 11 is 11.6. The lowest BCUT2D eigenvalue weighted by atomic mass is 10.1. The lowest BCUT2D eigenvalue weighted by molar-refractivity contribution is 0.0783. The van der Waals surface area contributed by atoms with Gasteiger partial charge in [-0.15, -0.1) is 0 Å². The fourth-order valence-corrected chi connectivity index (χ4v) is 1.40. The molecule has 0 saturated carbocycles. The van der Waals surface area contributed by atoms with E-state index in [9.17, 15) is 4.79 Å². The Morgan fingerprint density at radius 2 is 2.14 bits per heavy atom. The molecule has 0 aliphatic rings. The summed E-state index contributed by atoms with van der Waals surface area (Å²) in [5, 5.41) is 0.674. The van der Waals surface area contributed by atoms with E-state index in [1.807, 2.05) is 6.92 Å². The molecule has 0 bridgehead atoms. The van der Waals surface area contributed by atoms with Crippen molar-refractivity contribution >= 4 is 29.0 Å². The van der Waals surface area contributed by atoms with Crippen molar-refractivity contribution in [1.82, 2.24) is 0 Å². The normalized spacial score (nSPS) is 10.2. The van der Waals surface area contributed by atoms with E-state index >= 15 is 0 Å². The van der Waals surface area contributed by atoms with Crippen molar-refractivity contribution in [2.45, 2.75) is 6.92 Å². The highest BCUT2D eigenvalue weighted by atomic mass is 35.5. The van der Waals surface area contributed by atoms with Gasteiger partial charge in [0.05, 0.1) is 10.0 Å². The number of Topliss-reactive ketones (excluding diaryl/α,β-unsaturated/α-hetero) is 1. The fraction of sp³-hybridized carbons (Fsp3) is 0.300. The third-order valence-electron chi connectivity index (χ3n) is 1.69. The van der Waals surface area contributed by atoms with Crippen LogP contribution in [0.4, 0.5) is 0 Å². The summed E-state index contributed by atoms with van der Waals surface area (Å²) in [6.07, 6.45) is 0. The molecule has 0 spiro atoms. The van der Waals surface area contributed by atoms with E-state index in [1.54, 1.807) is 18.2 Å². The van der Waals surface area contributed by atoms with Gasteiger partial charge >= 0.3 is 0 Å². The second kappa shape index (κ2) is 5.35. The Labute approximate surface area is 92.8 Å². The molecule has 1 aromatic carbocycles. The van der Waals surface area contributed by atoms with Crippen LogP contribution in [0.25, 0.3) is 0 Å². The molecule has 0 amide bonds. The minimum atomic E-state index is -0.153. The fourth-order valence-electron chi connectivity index (χ4n) is 0.992. The Balaban J connectivity index is 2.84. The van der Waals surface area contributed by atoms with Gasteiger partial charge in [0.2, 0.25) is 0 Å². The Hall–Kier alpha value is -0.570. The van der Waals surface area contributed by atoms with Crippen molar-refractivity contribution in [2.24, 2.45) is 0 Å². The van der Waals surface area contributed by atoms with Crippen LogP contribution in [0.15, 0.2) is 18.2 Å². The standard InChI is InChI=1S/C10H10Cl2O2/c1-2-14-6-9(13)7-4-3-5-8(11)10(7)12/h3-5H,2,6H2,1H3. The quantitative estimate of drug-likeness (QED) is 0.746. The number of carbonyl (C=O) groups excluding carboxylic acids is 1. The van der Waals surface area contributed by atoms with Crippen LogP contribution in [0, 0.1) is 0 Å². The second-order valence-electron chi connectivity index (χ2n) is 2.66. The first-order chi connectivity index (χ1) is 6.66. The van der Waals surface area contributed by atoms with Gasteiger partial charge in [-0.2, -0.15) is 0 Å². The van der Waals surface area contributed by atoms with Crippen LogP contribution in [0.5, 0.6) is 0 Å². The highest BCUT2D eigenvalue weighted by Crippen LogP contribution is 2.25. The van der Waals surface area contributed by atoms with Gasteiger partial charge in [0.25, 0.3) is 0 Å². The number of ketones is 1. The second-order valence-corrected chi connectivity index (χ2v) is 3.45. The highest BCUT2D eigenvalue weighted by Gasteiger charge is 2.11. The van der Waals surface area contributed by atoms with Crippen LogP contribution in [-0.4, -0.2) is 19.0 Å². The summed E-state index contributed by atoms with van der Waals surface area (Å²) in [4.78, 5) is 11.5. The SMILES string of the molecule is CCOCC(=O)c1cccc(Cl)c1Cl.